The van der Waals surface area contributed by atoms with Crippen molar-refractivity contribution in [3.8, 4) is 0 Å². The maximum Gasteiger partial charge on any atom is 0.441 e. The molecule has 2 N–H and O–H groups in total. The van der Waals surface area contributed by atoms with Crippen molar-refractivity contribution < 1.29 is 18.0 Å². The van der Waals surface area contributed by atoms with Gasteiger partial charge < -0.3 is 10.6 Å². The molecule has 0 spiro atoms. The quantitative estimate of drug-likeness (QED) is 0.791. The van der Waals surface area contributed by atoms with Gasteiger partial charge in [-0.05, 0) is 43.3 Å². The fourth-order valence-electron chi connectivity index (χ4n) is 1.62. The van der Waals surface area contributed by atoms with E-state index in [1.807, 2.05) is 19.9 Å². The van der Waals surface area contributed by atoms with Crippen LogP contribution in [0.1, 0.15) is 22.8 Å². The van der Waals surface area contributed by atoms with Gasteiger partial charge in [-0.1, -0.05) is 6.07 Å². The number of benzene rings is 1. The van der Waals surface area contributed by atoms with Gasteiger partial charge >= 0.3 is 5.51 Å². The maximum atomic E-state index is 12.0. The Morgan fingerprint density at radius 1 is 1.35 bits per heavy atom. The predicted octanol–water partition coefficient (Wildman–Crippen LogP) is 3.41. The molecular weight excluding hydrogens is 289 g/mol. The highest BCUT2D eigenvalue weighted by Gasteiger charge is 2.27. The normalized spacial score (nSPS) is 11.2. The molecule has 0 saturated carbocycles. The van der Waals surface area contributed by atoms with E-state index in [2.05, 4.69) is 10.6 Å². The molecule has 0 aliphatic rings. The molecule has 1 aromatic rings. The number of alkyl halides is 3. The molecule has 3 nitrogen and oxygen atoms in total. The summed E-state index contributed by atoms with van der Waals surface area (Å²) in [6, 6.07) is 5.29. The summed E-state index contributed by atoms with van der Waals surface area (Å²) in [5.41, 5.74) is -2.13. The van der Waals surface area contributed by atoms with E-state index in [0.29, 0.717) is 17.8 Å². The molecule has 1 aromatic carbocycles. The van der Waals surface area contributed by atoms with Crippen LogP contribution in [-0.2, 0) is 0 Å². The molecule has 0 aliphatic carbocycles. The van der Waals surface area contributed by atoms with Gasteiger partial charge in [0.2, 0.25) is 0 Å². The van der Waals surface area contributed by atoms with Gasteiger partial charge in [0.05, 0.1) is 5.56 Å². The highest BCUT2D eigenvalue weighted by atomic mass is 32.2. The zero-order valence-corrected chi connectivity index (χ0v) is 12.1. The standard InChI is InChI=1S/C13H17F3N2OS/c1-3-17-11-8-9(2)4-5-10(11)12(19)18-6-7-20-13(14,15)16/h4-5,8,17H,3,6-7H2,1-2H3,(H,18,19). The average molecular weight is 306 g/mol. The summed E-state index contributed by atoms with van der Waals surface area (Å²) in [7, 11) is 0. The Morgan fingerprint density at radius 2 is 2.05 bits per heavy atom. The number of carbonyl (C=O) groups is 1. The van der Waals surface area contributed by atoms with E-state index >= 15 is 0 Å². The molecule has 20 heavy (non-hydrogen) atoms. The van der Waals surface area contributed by atoms with Gasteiger partial charge in [-0.15, -0.1) is 0 Å². The Morgan fingerprint density at radius 3 is 2.65 bits per heavy atom. The van der Waals surface area contributed by atoms with Crippen LogP contribution in [0, 0.1) is 6.92 Å². The fourth-order valence-corrected chi connectivity index (χ4v) is 2.05. The first-order valence-corrected chi connectivity index (χ1v) is 7.15. The first kappa shape index (κ1) is 16.7. The lowest BCUT2D eigenvalue weighted by molar-refractivity contribution is -0.0327. The van der Waals surface area contributed by atoms with Crippen LogP contribution < -0.4 is 10.6 Å². The van der Waals surface area contributed by atoms with E-state index < -0.39 is 5.51 Å². The van der Waals surface area contributed by atoms with Crippen LogP contribution in [0.4, 0.5) is 18.9 Å². The Kier molecular flexibility index (Phi) is 6.19. The molecule has 112 valence electrons. The van der Waals surface area contributed by atoms with Crippen molar-refractivity contribution in [1.82, 2.24) is 5.32 Å². The van der Waals surface area contributed by atoms with Gasteiger partial charge in [0.15, 0.2) is 0 Å². The monoisotopic (exact) mass is 306 g/mol. The number of halogens is 3. The largest absolute Gasteiger partial charge is 0.441 e. The van der Waals surface area contributed by atoms with Gasteiger partial charge in [0.1, 0.15) is 0 Å². The first-order chi connectivity index (χ1) is 9.33. The summed E-state index contributed by atoms with van der Waals surface area (Å²) in [5, 5.41) is 5.56. The van der Waals surface area contributed by atoms with Gasteiger partial charge in [-0.3, -0.25) is 4.79 Å². The van der Waals surface area contributed by atoms with Crippen LogP contribution in [0.25, 0.3) is 0 Å². The summed E-state index contributed by atoms with van der Waals surface area (Å²) in [6.07, 6.45) is 0. The summed E-state index contributed by atoms with van der Waals surface area (Å²) in [6.45, 7) is 4.45. The van der Waals surface area contributed by atoms with Gasteiger partial charge in [-0.25, -0.2) is 0 Å². The van der Waals surface area contributed by atoms with Crippen molar-refractivity contribution in [3.63, 3.8) is 0 Å². The molecule has 7 heteroatoms. The molecule has 1 amide bonds. The molecule has 0 aromatic heterocycles. The van der Waals surface area contributed by atoms with E-state index in [4.69, 9.17) is 0 Å². The van der Waals surface area contributed by atoms with E-state index in [1.165, 1.54) is 0 Å². The number of nitrogens with one attached hydrogen (secondary N) is 2. The van der Waals surface area contributed by atoms with Crippen molar-refractivity contribution in [3.05, 3.63) is 29.3 Å². The van der Waals surface area contributed by atoms with E-state index in [0.717, 1.165) is 5.56 Å². The molecule has 0 saturated heterocycles. The van der Waals surface area contributed by atoms with E-state index in [-0.39, 0.29) is 30.0 Å². The molecule has 1 rings (SSSR count). The predicted molar refractivity (Wildman–Crippen MR) is 76.2 cm³/mol. The summed E-state index contributed by atoms with van der Waals surface area (Å²) in [5.74, 6) is -0.568. The molecular formula is C13H17F3N2OS. The van der Waals surface area contributed by atoms with Crippen LogP contribution in [0.15, 0.2) is 18.2 Å². The van der Waals surface area contributed by atoms with Crippen LogP contribution in [0.3, 0.4) is 0 Å². The second kappa shape index (κ2) is 7.42. The van der Waals surface area contributed by atoms with Crippen molar-refractivity contribution >= 4 is 23.4 Å². The van der Waals surface area contributed by atoms with Crippen LogP contribution in [0.2, 0.25) is 0 Å². The number of rotatable bonds is 6. The number of aryl methyl sites for hydroxylation is 1. The Hall–Kier alpha value is -1.37. The van der Waals surface area contributed by atoms with E-state index in [1.54, 1.807) is 12.1 Å². The van der Waals surface area contributed by atoms with Gasteiger partial charge in [-0.2, -0.15) is 13.2 Å². The second-order valence-corrected chi connectivity index (χ2v) is 5.29. The summed E-state index contributed by atoms with van der Waals surface area (Å²) < 4.78 is 35.9. The third-order valence-corrected chi connectivity index (χ3v) is 3.18. The number of amides is 1. The van der Waals surface area contributed by atoms with Crippen LogP contribution >= 0.6 is 11.8 Å². The van der Waals surface area contributed by atoms with Gasteiger partial charge in [0.25, 0.3) is 5.91 Å². The number of carbonyl (C=O) groups excluding carboxylic acids is 1. The lowest BCUT2D eigenvalue weighted by Gasteiger charge is -2.12. The Balaban J connectivity index is 2.59. The first-order valence-electron chi connectivity index (χ1n) is 6.17. The lowest BCUT2D eigenvalue weighted by atomic mass is 10.1. The number of thioether (sulfide) groups is 1. The summed E-state index contributed by atoms with van der Waals surface area (Å²) >= 11 is -0.143. The molecule has 0 unspecified atom stereocenters. The molecule has 0 bridgehead atoms. The second-order valence-electron chi connectivity index (χ2n) is 4.13. The van der Waals surface area contributed by atoms with Crippen molar-refractivity contribution in [2.75, 3.05) is 24.2 Å². The molecule has 0 heterocycles. The average Bonchev–Trinajstić information content (AvgIpc) is 2.34. The zero-order chi connectivity index (χ0) is 15.2. The third kappa shape index (κ3) is 5.73. The Labute approximate surface area is 120 Å². The van der Waals surface area contributed by atoms with Crippen molar-refractivity contribution in [2.45, 2.75) is 19.4 Å². The summed E-state index contributed by atoms with van der Waals surface area (Å²) in [4.78, 5) is 11.9. The highest BCUT2D eigenvalue weighted by molar-refractivity contribution is 8.00. The number of hydrogen-bond donors (Lipinski definition) is 2. The SMILES string of the molecule is CCNc1cc(C)ccc1C(=O)NCCSC(F)(F)F. The highest BCUT2D eigenvalue weighted by Crippen LogP contribution is 2.29. The van der Waals surface area contributed by atoms with E-state index in [9.17, 15) is 18.0 Å². The van der Waals surface area contributed by atoms with Crippen LogP contribution in [-0.4, -0.2) is 30.3 Å². The van der Waals surface area contributed by atoms with Crippen molar-refractivity contribution in [1.29, 1.82) is 0 Å². The minimum Gasteiger partial charge on any atom is -0.385 e. The van der Waals surface area contributed by atoms with Crippen molar-refractivity contribution in [2.24, 2.45) is 0 Å². The lowest BCUT2D eigenvalue weighted by Crippen LogP contribution is -2.27. The molecule has 0 aliphatic heterocycles. The minimum absolute atomic E-state index is 0.0253. The maximum absolute atomic E-state index is 12.0. The smallest absolute Gasteiger partial charge is 0.385 e. The molecule has 0 atom stereocenters. The molecule has 0 fully saturated rings. The minimum atomic E-state index is -4.26. The topological polar surface area (TPSA) is 41.1 Å². The van der Waals surface area contributed by atoms with Crippen LogP contribution in [0.5, 0.6) is 0 Å². The van der Waals surface area contributed by atoms with Gasteiger partial charge in [0, 0.05) is 24.5 Å². The molecule has 0 radical (unpaired) electrons. The number of hydrogen-bond acceptors (Lipinski definition) is 3. The number of anilines is 1. The fraction of sp³-hybridized carbons (Fsp3) is 0.462. The third-order valence-electron chi connectivity index (χ3n) is 2.44. The Bertz CT molecular complexity index is 463. The zero-order valence-electron chi connectivity index (χ0n) is 11.3.